The Morgan fingerprint density at radius 2 is 1.73 bits per heavy atom. The maximum absolute atomic E-state index is 5.79. The summed E-state index contributed by atoms with van der Waals surface area (Å²) in [5.74, 6) is 0. The lowest BCUT2D eigenvalue weighted by Crippen LogP contribution is -1.91. The van der Waals surface area contributed by atoms with Gasteiger partial charge >= 0.3 is 0 Å². The number of nitrogen functional groups attached to an aromatic ring is 1. The molecular weight excluding hydrogens is 184 g/mol. The van der Waals surface area contributed by atoms with Gasteiger partial charge in [-0.15, -0.1) is 0 Å². The summed E-state index contributed by atoms with van der Waals surface area (Å²) in [6.07, 6.45) is 3.69. The van der Waals surface area contributed by atoms with Gasteiger partial charge in [0.15, 0.2) is 0 Å². The van der Waals surface area contributed by atoms with Crippen LogP contribution < -0.4 is 5.73 Å². The molecular formula is C13H14N2. The van der Waals surface area contributed by atoms with Gasteiger partial charge in [-0.3, -0.25) is 4.98 Å². The van der Waals surface area contributed by atoms with Crippen molar-refractivity contribution < 1.29 is 0 Å². The van der Waals surface area contributed by atoms with E-state index in [0.29, 0.717) is 0 Å². The van der Waals surface area contributed by atoms with Crippen molar-refractivity contribution in [2.45, 2.75) is 13.8 Å². The number of anilines is 1. The van der Waals surface area contributed by atoms with Crippen LogP contribution in [0.1, 0.15) is 11.1 Å². The van der Waals surface area contributed by atoms with Crippen LogP contribution in [0.2, 0.25) is 0 Å². The third kappa shape index (κ3) is 1.84. The van der Waals surface area contributed by atoms with Crippen LogP contribution in [0.4, 0.5) is 5.69 Å². The molecule has 0 fully saturated rings. The number of benzene rings is 1. The predicted molar refractivity (Wildman–Crippen MR) is 63.6 cm³/mol. The van der Waals surface area contributed by atoms with Gasteiger partial charge in [-0.1, -0.05) is 6.07 Å². The Bertz CT molecular complexity index is 490. The van der Waals surface area contributed by atoms with Crippen molar-refractivity contribution in [3.63, 3.8) is 0 Å². The molecule has 0 amide bonds. The normalized spacial score (nSPS) is 10.3. The van der Waals surface area contributed by atoms with Gasteiger partial charge in [-0.05, 0) is 48.7 Å². The summed E-state index contributed by atoms with van der Waals surface area (Å²) in [7, 11) is 0. The quantitative estimate of drug-likeness (QED) is 0.715. The average Bonchev–Trinajstić information content (AvgIpc) is 2.23. The molecule has 0 spiro atoms. The number of aryl methyl sites for hydroxylation is 2. The Balaban J connectivity index is 2.64. The van der Waals surface area contributed by atoms with Gasteiger partial charge in [0.2, 0.25) is 0 Å². The molecule has 2 nitrogen and oxygen atoms in total. The van der Waals surface area contributed by atoms with Crippen molar-refractivity contribution in [2.75, 3.05) is 5.73 Å². The van der Waals surface area contributed by atoms with Crippen LogP contribution in [0.25, 0.3) is 11.1 Å². The SMILES string of the molecule is Cc1ccncc1-c1cc(N)ccc1C. The highest BCUT2D eigenvalue weighted by molar-refractivity contribution is 5.72. The topological polar surface area (TPSA) is 38.9 Å². The van der Waals surface area contributed by atoms with Crippen LogP contribution in [-0.2, 0) is 0 Å². The number of nitrogens with two attached hydrogens (primary N) is 1. The fourth-order valence-electron chi connectivity index (χ4n) is 1.68. The van der Waals surface area contributed by atoms with Crippen LogP contribution in [0.15, 0.2) is 36.7 Å². The highest BCUT2D eigenvalue weighted by Gasteiger charge is 2.04. The molecule has 1 aromatic heterocycles. The molecule has 0 saturated carbocycles. The summed E-state index contributed by atoms with van der Waals surface area (Å²) in [5.41, 5.74) is 11.4. The molecule has 1 aromatic carbocycles. The van der Waals surface area contributed by atoms with E-state index in [4.69, 9.17) is 5.73 Å². The van der Waals surface area contributed by atoms with Gasteiger partial charge in [-0.25, -0.2) is 0 Å². The first kappa shape index (κ1) is 9.71. The first-order valence-corrected chi connectivity index (χ1v) is 4.95. The first-order chi connectivity index (χ1) is 7.18. The highest BCUT2D eigenvalue weighted by Crippen LogP contribution is 2.27. The summed E-state index contributed by atoms with van der Waals surface area (Å²) >= 11 is 0. The van der Waals surface area contributed by atoms with Crippen molar-refractivity contribution >= 4 is 5.69 Å². The molecule has 0 saturated heterocycles. The number of nitrogens with zero attached hydrogens (tertiary/aromatic N) is 1. The van der Waals surface area contributed by atoms with Crippen molar-refractivity contribution in [3.8, 4) is 11.1 Å². The van der Waals surface area contributed by atoms with E-state index in [1.165, 1.54) is 16.7 Å². The second kappa shape index (κ2) is 3.73. The number of hydrogen-bond donors (Lipinski definition) is 1. The molecule has 0 radical (unpaired) electrons. The molecule has 2 heteroatoms. The summed E-state index contributed by atoms with van der Waals surface area (Å²) in [4.78, 5) is 4.15. The van der Waals surface area contributed by atoms with E-state index in [0.717, 1.165) is 11.3 Å². The first-order valence-electron chi connectivity index (χ1n) is 4.95. The van der Waals surface area contributed by atoms with Crippen LogP contribution in [0, 0.1) is 13.8 Å². The van der Waals surface area contributed by atoms with E-state index in [1.54, 1.807) is 6.20 Å². The van der Waals surface area contributed by atoms with E-state index in [9.17, 15) is 0 Å². The molecule has 76 valence electrons. The molecule has 0 unspecified atom stereocenters. The maximum Gasteiger partial charge on any atom is 0.0349 e. The molecule has 0 aliphatic heterocycles. The highest BCUT2D eigenvalue weighted by atomic mass is 14.6. The minimum absolute atomic E-state index is 0.791. The minimum atomic E-state index is 0.791. The van der Waals surface area contributed by atoms with Gasteiger partial charge < -0.3 is 5.73 Å². The van der Waals surface area contributed by atoms with Crippen LogP contribution in [0.3, 0.4) is 0 Å². The average molecular weight is 198 g/mol. The Morgan fingerprint density at radius 1 is 1.00 bits per heavy atom. The van der Waals surface area contributed by atoms with E-state index in [2.05, 4.69) is 18.8 Å². The summed E-state index contributed by atoms with van der Waals surface area (Å²) < 4.78 is 0. The fraction of sp³-hybridized carbons (Fsp3) is 0.154. The van der Waals surface area contributed by atoms with Gasteiger partial charge in [-0.2, -0.15) is 0 Å². The molecule has 2 aromatic rings. The number of rotatable bonds is 1. The van der Waals surface area contributed by atoms with Crippen molar-refractivity contribution in [1.29, 1.82) is 0 Å². The molecule has 2 rings (SSSR count). The molecule has 0 aliphatic carbocycles. The van der Waals surface area contributed by atoms with E-state index in [1.807, 2.05) is 30.5 Å². The van der Waals surface area contributed by atoms with E-state index in [-0.39, 0.29) is 0 Å². The van der Waals surface area contributed by atoms with Crippen molar-refractivity contribution in [1.82, 2.24) is 4.98 Å². The van der Waals surface area contributed by atoms with E-state index < -0.39 is 0 Å². The van der Waals surface area contributed by atoms with Gasteiger partial charge in [0.1, 0.15) is 0 Å². The summed E-state index contributed by atoms with van der Waals surface area (Å²) in [5, 5.41) is 0. The molecule has 1 heterocycles. The van der Waals surface area contributed by atoms with Crippen LogP contribution in [-0.4, -0.2) is 4.98 Å². The zero-order chi connectivity index (χ0) is 10.8. The van der Waals surface area contributed by atoms with Crippen LogP contribution >= 0.6 is 0 Å². The second-order valence-corrected chi connectivity index (χ2v) is 3.76. The number of hydrogen-bond acceptors (Lipinski definition) is 2. The largest absolute Gasteiger partial charge is 0.399 e. The minimum Gasteiger partial charge on any atom is -0.399 e. The molecule has 15 heavy (non-hydrogen) atoms. The molecule has 0 aliphatic rings. The maximum atomic E-state index is 5.79. The fourth-order valence-corrected chi connectivity index (χ4v) is 1.68. The zero-order valence-electron chi connectivity index (χ0n) is 8.99. The summed E-state index contributed by atoms with van der Waals surface area (Å²) in [6, 6.07) is 7.97. The van der Waals surface area contributed by atoms with Gasteiger partial charge in [0.05, 0.1) is 0 Å². The van der Waals surface area contributed by atoms with E-state index >= 15 is 0 Å². The Kier molecular flexibility index (Phi) is 2.42. The van der Waals surface area contributed by atoms with Gasteiger partial charge in [0.25, 0.3) is 0 Å². The second-order valence-electron chi connectivity index (χ2n) is 3.76. The Labute approximate surface area is 89.8 Å². The lowest BCUT2D eigenvalue weighted by molar-refractivity contribution is 1.28. The molecule has 0 atom stereocenters. The molecule has 0 bridgehead atoms. The Morgan fingerprint density at radius 3 is 2.47 bits per heavy atom. The van der Waals surface area contributed by atoms with Crippen LogP contribution in [0.5, 0.6) is 0 Å². The lowest BCUT2D eigenvalue weighted by Gasteiger charge is -2.09. The summed E-state index contributed by atoms with van der Waals surface area (Å²) in [6.45, 7) is 4.17. The predicted octanol–water partition coefficient (Wildman–Crippen LogP) is 2.95. The smallest absolute Gasteiger partial charge is 0.0349 e. The lowest BCUT2D eigenvalue weighted by atomic mass is 9.98. The van der Waals surface area contributed by atoms with Gasteiger partial charge in [0, 0.05) is 23.6 Å². The third-order valence-electron chi connectivity index (χ3n) is 2.59. The number of aromatic nitrogens is 1. The zero-order valence-corrected chi connectivity index (χ0v) is 8.99. The van der Waals surface area contributed by atoms with Crippen molar-refractivity contribution in [3.05, 3.63) is 47.8 Å². The Hall–Kier alpha value is -1.83. The number of pyridine rings is 1. The van der Waals surface area contributed by atoms with Crippen molar-refractivity contribution in [2.24, 2.45) is 0 Å². The molecule has 2 N–H and O–H groups in total. The monoisotopic (exact) mass is 198 g/mol. The standard InChI is InChI=1S/C13H14N2/c1-9-3-4-11(14)7-12(9)13-8-15-6-5-10(13)2/h3-8H,14H2,1-2H3. The third-order valence-corrected chi connectivity index (χ3v) is 2.59.